The lowest BCUT2D eigenvalue weighted by atomic mass is 10.1. The van der Waals surface area contributed by atoms with Crippen LogP contribution in [-0.2, 0) is 18.3 Å². The number of halogens is 1. The molecule has 0 amide bonds. The fourth-order valence-corrected chi connectivity index (χ4v) is 4.20. The summed E-state index contributed by atoms with van der Waals surface area (Å²) in [5, 5.41) is 16.1. The minimum absolute atomic E-state index is 0.0881. The predicted octanol–water partition coefficient (Wildman–Crippen LogP) is 5.53. The number of aliphatic hydroxyl groups excluding tert-OH is 1. The van der Waals surface area contributed by atoms with Crippen LogP contribution >= 0.6 is 11.6 Å². The molecule has 34 heavy (non-hydrogen) atoms. The molecule has 1 aliphatic carbocycles. The molecule has 7 heteroatoms. The number of aliphatic hydroxyl groups is 1. The molecule has 1 fully saturated rings. The topological polar surface area (TPSA) is 59.8 Å². The van der Waals surface area contributed by atoms with Gasteiger partial charge in [0.1, 0.15) is 11.4 Å². The fraction of sp³-hybridized carbons (Fsp3) is 0.444. The molecule has 0 bridgehead atoms. The first-order valence-corrected chi connectivity index (χ1v) is 12.3. The Morgan fingerprint density at radius 3 is 2.50 bits per heavy atom. The second-order valence-electron chi connectivity index (χ2n) is 9.33. The van der Waals surface area contributed by atoms with Crippen molar-refractivity contribution in [1.29, 1.82) is 0 Å². The third-order valence-corrected chi connectivity index (χ3v) is 6.18. The van der Waals surface area contributed by atoms with Gasteiger partial charge in [-0.2, -0.15) is 5.10 Å². The molecule has 1 aliphatic rings. The molecule has 0 radical (unpaired) electrons. The minimum Gasteiger partial charge on any atom is -0.437 e. The van der Waals surface area contributed by atoms with Crippen LogP contribution < -0.4 is 4.74 Å². The Labute approximate surface area is 207 Å². The standard InChI is InChI=1S/C27H34ClN3O3/c1-19(2)33-18-22(32)16-31(15-20-13-14-20)17-23-26(21-9-5-4-6-10-21)29-30(3)27(23)34-25-12-8-7-11-24(25)28/h4-12,19-20,22,32H,13-18H2,1-3H3/t22-/m1/s1. The summed E-state index contributed by atoms with van der Waals surface area (Å²) in [6.45, 7) is 6.34. The van der Waals surface area contributed by atoms with E-state index < -0.39 is 6.10 Å². The van der Waals surface area contributed by atoms with Gasteiger partial charge in [0.2, 0.25) is 5.88 Å². The number of hydrogen-bond donors (Lipinski definition) is 1. The maximum Gasteiger partial charge on any atom is 0.222 e. The van der Waals surface area contributed by atoms with Crippen LogP contribution in [-0.4, -0.2) is 51.7 Å². The number of aromatic nitrogens is 2. The molecule has 4 rings (SSSR count). The van der Waals surface area contributed by atoms with Gasteiger partial charge in [-0.15, -0.1) is 0 Å². The van der Waals surface area contributed by atoms with Crippen LogP contribution in [0.2, 0.25) is 5.02 Å². The largest absolute Gasteiger partial charge is 0.437 e. The molecular weight excluding hydrogens is 450 g/mol. The lowest BCUT2D eigenvalue weighted by molar-refractivity contribution is -0.0101. The zero-order valence-electron chi connectivity index (χ0n) is 20.2. The quantitative estimate of drug-likeness (QED) is 0.367. The maximum atomic E-state index is 10.7. The molecule has 3 aromatic rings. The second kappa shape index (κ2) is 11.4. The van der Waals surface area contributed by atoms with Crippen molar-refractivity contribution >= 4 is 11.6 Å². The van der Waals surface area contributed by atoms with Gasteiger partial charge in [0.05, 0.1) is 29.4 Å². The first-order valence-electron chi connectivity index (χ1n) is 12.0. The average Bonchev–Trinajstić information content (AvgIpc) is 3.58. The Balaban J connectivity index is 1.65. The maximum absolute atomic E-state index is 10.7. The fourth-order valence-electron chi connectivity index (χ4n) is 4.03. The molecule has 1 atom stereocenters. The van der Waals surface area contributed by atoms with Gasteiger partial charge in [0, 0.05) is 32.2 Å². The van der Waals surface area contributed by atoms with Crippen molar-refractivity contribution in [2.45, 2.75) is 45.4 Å². The Hall–Kier alpha value is -2.38. The van der Waals surface area contributed by atoms with Crippen molar-refractivity contribution in [2.24, 2.45) is 13.0 Å². The first kappa shape index (κ1) is 24.7. The van der Waals surface area contributed by atoms with Crippen molar-refractivity contribution in [1.82, 2.24) is 14.7 Å². The van der Waals surface area contributed by atoms with Gasteiger partial charge < -0.3 is 14.6 Å². The van der Waals surface area contributed by atoms with Gasteiger partial charge >= 0.3 is 0 Å². The lowest BCUT2D eigenvalue weighted by Crippen LogP contribution is -2.36. The van der Waals surface area contributed by atoms with Crippen molar-refractivity contribution in [2.75, 3.05) is 19.7 Å². The Morgan fingerprint density at radius 1 is 1.12 bits per heavy atom. The highest BCUT2D eigenvalue weighted by molar-refractivity contribution is 6.32. The molecule has 0 spiro atoms. The average molecular weight is 484 g/mol. The Morgan fingerprint density at radius 2 is 1.82 bits per heavy atom. The molecular formula is C27H34ClN3O3. The number of ether oxygens (including phenoxy) is 2. The van der Waals surface area contributed by atoms with E-state index >= 15 is 0 Å². The summed E-state index contributed by atoms with van der Waals surface area (Å²) in [6, 6.07) is 17.6. The molecule has 1 heterocycles. The van der Waals surface area contributed by atoms with Crippen molar-refractivity contribution in [3.63, 3.8) is 0 Å². The van der Waals surface area contributed by atoms with E-state index in [0.29, 0.717) is 42.3 Å². The van der Waals surface area contributed by atoms with Crippen LogP contribution in [0.25, 0.3) is 11.3 Å². The predicted molar refractivity (Wildman–Crippen MR) is 135 cm³/mol. The third-order valence-electron chi connectivity index (χ3n) is 5.86. The normalized spacial score (nSPS) is 14.7. The molecule has 1 N–H and O–H groups in total. The van der Waals surface area contributed by atoms with E-state index in [-0.39, 0.29) is 6.10 Å². The van der Waals surface area contributed by atoms with E-state index in [1.807, 2.05) is 63.4 Å². The van der Waals surface area contributed by atoms with Crippen molar-refractivity contribution in [3.05, 3.63) is 65.2 Å². The molecule has 1 saturated carbocycles. The first-order chi connectivity index (χ1) is 16.4. The summed E-state index contributed by atoms with van der Waals surface area (Å²) in [5.74, 6) is 1.91. The van der Waals surface area contributed by atoms with Gasteiger partial charge in [-0.25, -0.2) is 4.68 Å². The zero-order chi connectivity index (χ0) is 24.1. The summed E-state index contributed by atoms with van der Waals surface area (Å²) < 4.78 is 13.8. The minimum atomic E-state index is -0.564. The van der Waals surface area contributed by atoms with E-state index in [4.69, 9.17) is 26.2 Å². The highest BCUT2D eigenvalue weighted by Gasteiger charge is 2.29. The van der Waals surface area contributed by atoms with E-state index in [0.717, 1.165) is 23.4 Å². The monoisotopic (exact) mass is 483 g/mol. The van der Waals surface area contributed by atoms with Crippen molar-refractivity contribution in [3.8, 4) is 22.9 Å². The summed E-state index contributed by atoms with van der Waals surface area (Å²) >= 11 is 6.40. The molecule has 1 aromatic heterocycles. The summed E-state index contributed by atoms with van der Waals surface area (Å²) in [4.78, 5) is 2.30. The lowest BCUT2D eigenvalue weighted by Gasteiger charge is -2.26. The highest BCUT2D eigenvalue weighted by atomic mass is 35.5. The summed E-state index contributed by atoms with van der Waals surface area (Å²) in [6.07, 6.45) is 1.99. The number of nitrogens with zero attached hydrogens (tertiary/aromatic N) is 3. The molecule has 0 saturated heterocycles. The molecule has 182 valence electrons. The van der Waals surface area contributed by atoms with Crippen LogP contribution in [0, 0.1) is 5.92 Å². The van der Waals surface area contributed by atoms with Crippen LogP contribution in [0.3, 0.4) is 0 Å². The van der Waals surface area contributed by atoms with E-state index in [9.17, 15) is 5.11 Å². The smallest absolute Gasteiger partial charge is 0.222 e. The SMILES string of the molecule is CC(C)OC[C@H](O)CN(Cc1c(-c2ccccc2)nn(C)c1Oc1ccccc1Cl)CC1CC1. The van der Waals surface area contributed by atoms with Gasteiger partial charge in [-0.1, -0.05) is 54.1 Å². The van der Waals surface area contributed by atoms with E-state index in [1.165, 1.54) is 12.8 Å². The van der Waals surface area contributed by atoms with Gasteiger partial charge in [0.25, 0.3) is 0 Å². The molecule has 2 aromatic carbocycles. The second-order valence-corrected chi connectivity index (χ2v) is 9.73. The number of hydrogen-bond acceptors (Lipinski definition) is 5. The van der Waals surface area contributed by atoms with Gasteiger partial charge in [0.15, 0.2) is 0 Å². The van der Waals surface area contributed by atoms with Crippen LogP contribution in [0.1, 0.15) is 32.3 Å². The van der Waals surface area contributed by atoms with Crippen molar-refractivity contribution < 1.29 is 14.6 Å². The number of para-hydroxylation sites is 1. The number of benzene rings is 2. The van der Waals surface area contributed by atoms with Crippen LogP contribution in [0.5, 0.6) is 11.6 Å². The molecule has 6 nitrogen and oxygen atoms in total. The van der Waals surface area contributed by atoms with Crippen LogP contribution in [0.15, 0.2) is 54.6 Å². The number of aryl methyl sites for hydroxylation is 1. The Kier molecular flexibility index (Phi) is 8.27. The van der Waals surface area contributed by atoms with Crippen LogP contribution in [0.4, 0.5) is 0 Å². The highest BCUT2D eigenvalue weighted by Crippen LogP contribution is 2.37. The Bertz CT molecular complexity index is 1070. The summed E-state index contributed by atoms with van der Waals surface area (Å²) in [7, 11) is 1.89. The van der Waals surface area contributed by atoms with E-state index in [2.05, 4.69) is 17.0 Å². The summed E-state index contributed by atoms with van der Waals surface area (Å²) in [5.41, 5.74) is 2.88. The number of rotatable bonds is 12. The zero-order valence-corrected chi connectivity index (χ0v) is 20.9. The third kappa shape index (κ3) is 6.60. The van der Waals surface area contributed by atoms with Gasteiger partial charge in [-0.05, 0) is 44.7 Å². The molecule has 0 aliphatic heterocycles. The molecule has 0 unspecified atom stereocenters. The van der Waals surface area contributed by atoms with E-state index in [1.54, 1.807) is 4.68 Å². The van der Waals surface area contributed by atoms with Gasteiger partial charge in [-0.3, -0.25) is 4.90 Å².